The summed E-state index contributed by atoms with van der Waals surface area (Å²) >= 11 is 0. The molecule has 0 atom stereocenters. The number of aromatic hydroxyl groups is 2. The summed E-state index contributed by atoms with van der Waals surface area (Å²) < 4.78 is 5.45. The Morgan fingerprint density at radius 1 is 1.17 bits per heavy atom. The molecule has 0 radical (unpaired) electrons. The molecule has 0 aliphatic rings. The maximum absolute atomic E-state index is 11.8. The van der Waals surface area contributed by atoms with Gasteiger partial charge in [-0.3, -0.25) is 4.79 Å². The molecular formula is C18H20N2O4. The Hall–Kier alpha value is -3.02. The third-order valence-electron chi connectivity index (χ3n) is 3.42. The zero-order chi connectivity index (χ0) is 17.7. The summed E-state index contributed by atoms with van der Waals surface area (Å²) in [6.07, 6.45) is 1.32. The Balaban J connectivity index is 1.91. The lowest BCUT2D eigenvalue weighted by Crippen LogP contribution is -2.24. The first-order valence-electron chi connectivity index (χ1n) is 7.41. The van der Waals surface area contributed by atoms with Gasteiger partial charge in [0.05, 0.1) is 6.21 Å². The third-order valence-corrected chi connectivity index (χ3v) is 3.42. The molecule has 6 nitrogen and oxygen atoms in total. The van der Waals surface area contributed by atoms with Crippen LogP contribution in [0.2, 0.25) is 0 Å². The average molecular weight is 328 g/mol. The normalized spacial score (nSPS) is 10.8. The number of aryl methyl sites for hydroxylation is 3. The molecule has 2 aromatic rings. The van der Waals surface area contributed by atoms with Crippen LogP contribution in [-0.2, 0) is 4.79 Å². The van der Waals surface area contributed by atoms with Gasteiger partial charge in [0, 0.05) is 11.6 Å². The van der Waals surface area contributed by atoms with E-state index in [1.807, 2.05) is 32.0 Å². The Morgan fingerprint density at radius 3 is 2.58 bits per heavy atom. The first-order chi connectivity index (χ1) is 11.4. The minimum absolute atomic E-state index is 0.0342. The maximum atomic E-state index is 11.8. The highest BCUT2D eigenvalue weighted by Crippen LogP contribution is 2.25. The average Bonchev–Trinajstić information content (AvgIpc) is 2.49. The smallest absolute Gasteiger partial charge is 0.277 e. The van der Waals surface area contributed by atoms with E-state index >= 15 is 0 Å². The van der Waals surface area contributed by atoms with E-state index < -0.39 is 5.91 Å². The Labute approximate surface area is 140 Å². The molecule has 0 aliphatic carbocycles. The van der Waals surface area contributed by atoms with Crippen LogP contribution in [0.4, 0.5) is 0 Å². The van der Waals surface area contributed by atoms with Crippen molar-refractivity contribution in [1.29, 1.82) is 0 Å². The van der Waals surface area contributed by atoms with Crippen LogP contribution in [0.25, 0.3) is 0 Å². The highest BCUT2D eigenvalue weighted by Gasteiger charge is 2.06. The van der Waals surface area contributed by atoms with Gasteiger partial charge in [-0.05, 0) is 44.0 Å². The summed E-state index contributed by atoms with van der Waals surface area (Å²) in [6.45, 7) is 5.45. The SMILES string of the molecule is Cc1ccc(OCC(=O)NN=Cc2c(C)cc(O)cc2O)c(C)c1. The Kier molecular flexibility index (Phi) is 5.42. The Bertz CT molecular complexity index is 762. The fourth-order valence-electron chi connectivity index (χ4n) is 2.23. The molecule has 0 aromatic heterocycles. The fraction of sp³-hybridized carbons (Fsp3) is 0.222. The molecule has 0 aliphatic heterocycles. The van der Waals surface area contributed by atoms with Crippen LogP contribution in [0.5, 0.6) is 17.2 Å². The summed E-state index contributed by atoms with van der Waals surface area (Å²) in [7, 11) is 0. The second kappa shape index (κ2) is 7.50. The van der Waals surface area contributed by atoms with Gasteiger partial charge in [-0.25, -0.2) is 5.43 Å². The predicted molar refractivity (Wildman–Crippen MR) is 91.7 cm³/mol. The van der Waals surface area contributed by atoms with Crippen molar-refractivity contribution in [2.45, 2.75) is 20.8 Å². The molecule has 0 unspecified atom stereocenters. The molecule has 0 saturated carbocycles. The molecule has 3 N–H and O–H groups in total. The van der Waals surface area contributed by atoms with Crippen molar-refractivity contribution in [3.8, 4) is 17.2 Å². The van der Waals surface area contributed by atoms with Gasteiger partial charge in [0.15, 0.2) is 6.61 Å². The number of carbonyl (C=O) groups is 1. The predicted octanol–water partition coefficient (Wildman–Crippen LogP) is 2.55. The lowest BCUT2D eigenvalue weighted by atomic mass is 10.1. The van der Waals surface area contributed by atoms with Crippen LogP contribution >= 0.6 is 0 Å². The van der Waals surface area contributed by atoms with Gasteiger partial charge in [0.1, 0.15) is 17.2 Å². The number of hydrazone groups is 1. The number of nitrogens with one attached hydrogen (secondary N) is 1. The van der Waals surface area contributed by atoms with Crippen LogP contribution < -0.4 is 10.2 Å². The molecule has 0 spiro atoms. The van der Waals surface area contributed by atoms with Gasteiger partial charge in [-0.15, -0.1) is 0 Å². The molecule has 0 fully saturated rings. The second-order valence-corrected chi connectivity index (χ2v) is 5.55. The van der Waals surface area contributed by atoms with Gasteiger partial charge in [0.25, 0.3) is 5.91 Å². The fourth-order valence-corrected chi connectivity index (χ4v) is 2.23. The van der Waals surface area contributed by atoms with E-state index in [-0.39, 0.29) is 18.1 Å². The van der Waals surface area contributed by atoms with Crippen molar-refractivity contribution in [2.24, 2.45) is 5.10 Å². The first-order valence-corrected chi connectivity index (χ1v) is 7.41. The molecule has 0 bridgehead atoms. The maximum Gasteiger partial charge on any atom is 0.277 e. The van der Waals surface area contributed by atoms with Crippen molar-refractivity contribution in [2.75, 3.05) is 6.61 Å². The van der Waals surface area contributed by atoms with Crippen LogP contribution in [0.15, 0.2) is 35.4 Å². The molecular weight excluding hydrogens is 308 g/mol. The molecule has 2 aromatic carbocycles. The number of phenols is 2. The first kappa shape index (κ1) is 17.3. The van der Waals surface area contributed by atoms with E-state index in [2.05, 4.69) is 10.5 Å². The lowest BCUT2D eigenvalue weighted by Gasteiger charge is -2.08. The summed E-state index contributed by atoms with van der Waals surface area (Å²) in [5, 5.41) is 22.9. The van der Waals surface area contributed by atoms with Gasteiger partial charge in [-0.1, -0.05) is 17.7 Å². The molecule has 126 valence electrons. The van der Waals surface area contributed by atoms with Crippen molar-refractivity contribution >= 4 is 12.1 Å². The number of phenolic OH excluding ortho intramolecular Hbond substituents is 2. The molecule has 2 rings (SSSR count). The molecule has 0 heterocycles. The van der Waals surface area contributed by atoms with Crippen molar-refractivity contribution in [1.82, 2.24) is 5.43 Å². The van der Waals surface area contributed by atoms with E-state index in [1.165, 1.54) is 18.3 Å². The third kappa shape index (κ3) is 4.49. The summed E-state index contributed by atoms with van der Waals surface area (Å²) in [5.74, 6) is 0.0824. The standard InChI is InChI=1S/C18H20N2O4/c1-11-4-5-17(13(3)6-11)24-10-18(23)20-19-9-15-12(2)7-14(21)8-16(15)22/h4-9,21-22H,10H2,1-3H3,(H,20,23). The molecule has 0 saturated heterocycles. The van der Waals surface area contributed by atoms with Crippen molar-refractivity contribution in [3.05, 3.63) is 52.6 Å². The number of hydrogen-bond acceptors (Lipinski definition) is 5. The van der Waals surface area contributed by atoms with Gasteiger partial charge >= 0.3 is 0 Å². The van der Waals surface area contributed by atoms with E-state index in [4.69, 9.17) is 4.74 Å². The molecule has 24 heavy (non-hydrogen) atoms. The minimum Gasteiger partial charge on any atom is -0.508 e. The molecule has 1 amide bonds. The number of hydrogen-bond donors (Lipinski definition) is 3. The van der Waals surface area contributed by atoms with Gasteiger partial charge < -0.3 is 14.9 Å². The summed E-state index contributed by atoms with van der Waals surface area (Å²) in [5.41, 5.74) is 5.47. The number of rotatable bonds is 5. The zero-order valence-corrected chi connectivity index (χ0v) is 13.8. The van der Waals surface area contributed by atoms with Crippen LogP contribution in [0.3, 0.4) is 0 Å². The summed E-state index contributed by atoms with van der Waals surface area (Å²) in [4.78, 5) is 11.8. The summed E-state index contributed by atoms with van der Waals surface area (Å²) in [6, 6.07) is 8.40. The highest BCUT2D eigenvalue weighted by molar-refractivity contribution is 5.87. The number of amides is 1. The largest absolute Gasteiger partial charge is 0.508 e. The van der Waals surface area contributed by atoms with E-state index in [0.717, 1.165) is 11.1 Å². The zero-order valence-electron chi connectivity index (χ0n) is 13.8. The second-order valence-electron chi connectivity index (χ2n) is 5.55. The number of nitrogens with zero attached hydrogens (tertiary/aromatic N) is 1. The Morgan fingerprint density at radius 2 is 1.92 bits per heavy atom. The van der Waals surface area contributed by atoms with Crippen LogP contribution in [-0.4, -0.2) is 28.9 Å². The highest BCUT2D eigenvalue weighted by atomic mass is 16.5. The van der Waals surface area contributed by atoms with Crippen molar-refractivity contribution < 1.29 is 19.7 Å². The minimum atomic E-state index is -0.415. The van der Waals surface area contributed by atoms with Gasteiger partial charge in [-0.2, -0.15) is 5.10 Å². The topological polar surface area (TPSA) is 91.2 Å². The van der Waals surface area contributed by atoms with E-state index in [9.17, 15) is 15.0 Å². The van der Waals surface area contributed by atoms with E-state index in [1.54, 1.807) is 6.92 Å². The number of carbonyl (C=O) groups excluding carboxylic acids is 1. The number of ether oxygens (including phenoxy) is 1. The number of benzene rings is 2. The quantitative estimate of drug-likeness (QED) is 0.581. The van der Waals surface area contributed by atoms with Crippen molar-refractivity contribution in [3.63, 3.8) is 0 Å². The van der Waals surface area contributed by atoms with E-state index in [0.29, 0.717) is 16.9 Å². The van der Waals surface area contributed by atoms with Gasteiger partial charge in [0.2, 0.25) is 0 Å². The van der Waals surface area contributed by atoms with Crippen LogP contribution in [0, 0.1) is 20.8 Å². The van der Waals surface area contributed by atoms with Crippen LogP contribution in [0.1, 0.15) is 22.3 Å². The molecule has 6 heteroatoms. The lowest BCUT2D eigenvalue weighted by molar-refractivity contribution is -0.123. The monoisotopic (exact) mass is 328 g/mol.